The molecule has 0 amide bonds. The molecule has 1 aromatic heterocycles. The molecule has 0 radical (unpaired) electrons. The monoisotopic (exact) mass is 259 g/mol. The highest BCUT2D eigenvalue weighted by atomic mass is 19.1. The lowest BCUT2D eigenvalue weighted by atomic mass is 10.1. The lowest BCUT2D eigenvalue weighted by Gasteiger charge is -2.08. The van der Waals surface area contributed by atoms with Gasteiger partial charge in [0.05, 0.1) is 0 Å². The molecule has 2 rings (SSSR count). The molecule has 4 heteroatoms. The van der Waals surface area contributed by atoms with Gasteiger partial charge in [-0.15, -0.1) is 0 Å². The van der Waals surface area contributed by atoms with E-state index in [1.54, 1.807) is 18.5 Å². The third-order valence-electron chi connectivity index (χ3n) is 2.85. The van der Waals surface area contributed by atoms with Crippen LogP contribution in [0.4, 0.5) is 4.39 Å². The minimum atomic E-state index is -0.237. The van der Waals surface area contributed by atoms with Crippen LogP contribution >= 0.6 is 0 Å². The molecule has 0 saturated heterocycles. The first kappa shape index (κ1) is 13.6. The minimum Gasteiger partial charge on any atom is -0.310 e. The Morgan fingerprint density at radius 3 is 2.47 bits per heavy atom. The van der Waals surface area contributed by atoms with E-state index < -0.39 is 0 Å². The van der Waals surface area contributed by atoms with Gasteiger partial charge in [-0.05, 0) is 30.7 Å². The number of rotatable bonds is 4. The third kappa shape index (κ3) is 3.58. The Morgan fingerprint density at radius 1 is 1.21 bits per heavy atom. The normalized spacial score (nSPS) is 11.0. The number of hydrogen-bond donors (Lipinski definition) is 1. The fourth-order valence-electron chi connectivity index (χ4n) is 1.79. The van der Waals surface area contributed by atoms with Crippen LogP contribution in [0.1, 0.15) is 25.0 Å². The van der Waals surface area contributed by atoms with E-state index in [4.69, 9.17) is 0 Å². The second-order valence-corrected chi connectivity index (χ2v) is 4.91. The van der Waals surface area contributed by atoms with Crippen LogP contribution in [-0.4, -0.2) is 16.0 Å². The van der Waals surface area contributed by atoms with Gasteiger partial charge in [0.1, 0.15) is 5.82 Å². The number of nitrogens with zero attached hydrogens (tertiary/aromatic N) is 2. The van der Waals surface area contributed by atoms with Crippen molar-refractivity contribution in [2.45, 2.75) is 33.4 Å². The predicted octanol–water partition coefficient (Wildman–Crippen LogP) is 3.09. The van der Waals surface area contributed by atoms with E-state index in [1.807, 2.05) is 6.92 Å². The first-order valence-electron chi connectivity index (χ1n) is 6.37. The van der Waals surface area contributed by atoms with E-state index in [0.717, 1.165) is 23.2 Å². The summed E-state index contributed by atoms with van der Waals surface area (Å²) in [5.74, 6) is 0.393. The summed E-state index contributed by atoms with van der Waals surface area (Å²) in [5, 5.41) is 3.31. The molecule has 0 spiro atoms. The standard InChI is InChI=1S/C15H18FN3/c1-10(2)17-7-12-8-18-15(19-9-12)14-5-4-13(16)6-11(14)3/h4-6,8-10,17H,7H2,1-3H3. The van der Waals surface area contributed by atoms with Crippen molar-refractivity contribution in [1.29, 1.82) is 0 Å². The second kappa shape index (κ2) is 5.89. The van der Waals surface area contributed by atoms with E-state index in [1.165, 1.54) is 12.1 Å². The van der Waals surface area contributed by atoms with E-state index in [-0.39, 0.29) is 5.82 Å². The molecule has 0 unspecified atom stereocenters. The topological polar surface area (TPSA) is 37.8 Å². The van der Waals surface area contributed by atoms with Crippen LogP contribution in [-0.2, 0) is 6.54 Å². The van der Waals surface area contributed by atoms with Crippen LogP contribution in [0, 0.1) is 12.7 Å². The number of halogens is 1. The number of hydrogen-bond acceptors (Lipinski definition) is 3. The van der Waals surface area contributed by atoms with Crippen molar-refractivity contribution in [2.75, 3.05) is 0 Å². The van der Waals surface area contributed by atoms with E-state index in [2.05, 4.69) is 29.1 Å². The minimum absolute atomic E-state index is 0.237. The van der Waals surface area contributed by atoms with E-state index in [0.29, 0.717) is 11.9 Å². The number of nitrogens with one attached hydrogen (secondary N) is 1. The van der Waals surface area contributed by atoms with Crippen molar-refractivity contribution in [2.24, 2.45) is 0 Å². The third-order valence-corrected chi connectivity index (χ3v) is 2.85. The van der Waals surface area contributed by atoms with Crippen LogP contribution in [0.25, 0.3) is 11.4 Å². The van der Waals surface area contributed by atoms with Gasteiger partial charge in [0.15, 0.2) is 5.82 Å². The summed E-state index contributed by atoms with van der Waals surface area (Å²) >= 11 is 0. The van der Waals surface area contributed by atoms with Gasteiger partial charge in [0.25, 0.3) is 0 Å². The van der Waals surface area contributed by atoms with Gasteiger partial charge in [0, 0.05) is 36.1 Å². The summed E-state index contributed by atoms with van der Waals surface area (Å²) < 4.78 is 13.1. The summed E-state index contributed by atoms with van der Waals surface area (Å²) in [7, 11) is 0. The van der Waals surface area contributed by atoms with Crippen molar-refractivity contribution >= 4 is 0 Å². The van der Waals surface area contributed by atoms with Crippen molar-refractivity contribution in [3.05, 3.63) is 47.5 Å². The van der Waals surface area contributed by atoms with Gasteiger partial charge < -0.3 is 5.32 Å². The zero-order valence-corrected chi connectivity index (χ0v) is 11.4. The van der Waals surface area contributed by atoms with E-state index in [9.17, 15) is 4.39 Å². The Hall–Kier alpha value is -1.81. The summed E-state index contributed by atoms with van der Waals surface area (Å²) in [6.45, 7) is 6.80. The Kier molecular flexibility index (Phi) is 4.22. The highest BCUT2D eigenvalue weighted by Crippen LogP contribution is 2.20. The van der Waals surface area contributed by atoms with Gasteiger partial charge >= 0.3 is 0 Å². The molecule has 19 heavy (non-hydrogen) atoms. The molecular weight excluding hydrogens is 241 g/mol. The molecule has 100 valence electrons. The average molecular weight is 259 g/mol. The molecule has 1 N–H and O–H groups in total. The molecule has 0 atom stereocenters. The zero-order valence-electron chi connectivity index (χ0n) is 11.4. The molecule has 3 nitrogen and oxygen atoms in total. The maximum Gasteiger partial charge on any atom is 0.159 e. The lowest BCUT2D eigenvalue weighted by molar-refractivity contribution is 0.587. The molecule has 0 fully saturated rings. The fraction of sp³-hybridized carbons (Fsp3) is 0.333. The molecule has 0 aliphatic carbocycles. The van der Waals surface area contributed by atoms with Crippen LogP contribution in [0.15, 0.2) is 30.6 Å². The highest BCUT2D eigenvalue weighted by molar-refractivity contribution is 5.59. The first-order chi connectivity index (χ1) is 9.06. The molecule has 0 saturated carbocycles. The smallest absolute Gasteiger partial charge is 0.159 e. The molecule has 0 bridgehead atoms. The first-order valence-corrected chi connectivity index (χ1v) is 6.37. The van der Waals surface area contributed by atoms with Gasteiger partial charge in [-0.3, -0.25) is 0 Å². The fourth-order valence-corrected chi connectivity index (χ4v) is 1.79. The highest BCUT2D eigenvalue weighted by Gasteiger charge is 2.06. The Bertz CT molecular complexity index is 550. The predicted molar refractivity (Wildman–Crippen MR) is 74.1 cm³/mol. The van der Waals surface area contributed by atoms with Gasteiger partial charge in [-0.25, -0.2) is 14.4 Å². The summed E-state index contributed by atoms with van der Waals surface area (Å²) in [5.41, 5.74) is 2.75. The molecule has 0 aliphatic rings. The van der Waals surface area contributed by atoms with Crippen molar-refractivity contribution in [3.63, 3.8) is 0 Å². The van der Waals surface area contributed by atoms with Gasteiger partial charge in [-0.2, -0.15) is 0 Å². The second-order valence-electron chi connectivity index (χ2n) is 4.91. The summed E-state index contributed by atoms with van der Waals surface area (Å²) in [6, 6.07) is 5.07. The Balaban J connectivity index is 2.18. The van der Waals surface area contributed by atoms with Gasteiger partial charge in [0.2, 0.25) is 0 Å². The quantitative estimate of drug-likeness (QED) is 0.917. The van der Waals surface area contributed by atoms with Crippen LogP contribution in [0.3, 0.4) is 0 Å². The molecule has 1 aromatic carbocycles. The van der Waals surface area contributed by atoms with Crippen LogP contribution < -0.4 is 5.32 Å². The maximum absolute atomic E-state index is 13.1. The average Bonchev–Trinajstić information content (AvgIpc) is 2.37. The molecule has 0 aliphatic heterocycles. The Labute approximate surface area is 112 Å². The molecular formula is C15H18FN3. The number of benzene rings is 1. The largest absolute Gasteiger partial charge is 0.310 e. The zero-order chi connectivity index (χ0) is 13.8. The van der Waals surface area contributed by atoms with Crippen molar-refractivity contribution < 1.29 is 4.39 Å². The van der Waals surface area contributed by atoms with E-state index >= 15 is 0 Å². The number of aromatic nitrogens is 2. The summed E-state index contributed by atoms with van der Waals surface area (Å²) in [4.78, 5) is 8.69. The van der Waals surface area contributed by atoms with Crippen molar-refractivity contribution in [3.8, 4) is 11.4 Å². The maximum atomic E-state index is 13.1. The van der Waals surface area contributed by atoms with Crippen LogP contribution in [0.5, 0.6) is 0 Å². The van der Waals surface area contributed by atoms with Crippen molar-refractivity contribution in [1.82, 2.24) is 15.3 Å². The lowest BCUT2D eigenvalue weighted by Crippen LogP contribution is -2.21. The molecule has 1 heterocycles. The number of aryl methyl sites for hydroxylation is 1. The van der Waals surface area contributed by atoms with Gasteiger partial charge in [-0.1, -0.05) is 13.8 Å². The summed E-state index contributed by atoms with van der Waals surface area (Å²) in [6.07, 6.45) is 3.61. The molecule has 2 aromatic rings. The van der Waals surface area contributed by atoms with Crippen LogP contribution in [0.2, 0.25) is 0 Å². The Morgan fingerprint density at radius 2 is 1.89 bits per heavy atom. The SMILES string of the molecule is Cc1cc(F)ccc1-c1ncc(CNC(C)C)cn1.